The number of benzene rings is 2. The quantitative estimate of drug-likeness (QED) is 0.844. The van der Waals surface area contributed by atoms with Crippen LogP contribution in [-0.4, -0.2) is 5.91 Å². The number of hydrogen-bond donors (Lipinski definition) is 1. The second-order valence-electron chi connectivity index (χ2n) is 3.68. The average Bonchev–Trinajstić information content (AvgIpc) is 2.36. The van der Waals surface area contributed by atoms with Crippen LogP contribution in [0.1, 0.15) is 10.4 Å². The van der Waals surface area contributed by atoms with Crippen LogP contribution in [0.3, 0.4) is 0 Å². The van der Waals surface area contributed by atoms with Gasteiger partial charge in [0.15, 0.2) is 0 Å². The standard InChI is InChI=1S/C13H7BrClF2NO/c14-9-3-1-2-8(12(9)17)13(19)18-11-5-4-7(15)6-10(11)16/h1-6H,(H,18,19). The van der Waals surface area contributed by atoms with Gasteiger partial charge in [-0.3, -0.25) is 4.79 Å². The molecule has 0 saturated carbocycles. The van der Waals surface area contributed by atoms with E-state index in [0.717, 1.165) is 6.07 Å². The largest absolute Gasteiger partial charge is 0.319 e. The first-order valence-electron chi connectivity index (χ1n) is 5.19. The van der Waals surface area contributed by atoms with Gasteiger partial charge in [-0.25, -0.2) is 8.78 Å². The van der Waals surface area contributed by atoms with Gasteiger partial charge in [-0.15, -0.1) is 0 Å². The number of rotatable bonds is 2. The van der Waals surface area contributed by atoms with Crippen LogP contribution in [0.25, 0.3) is 0 Å². The fourth-order valence-corrected chi connectivity index (χ4v) is 1.98. The molecule has 2 aromatic rings. The second-order valence-corrected chi connectivity index (χ2v) is 4.97. The lowest BCUT2D eigenvalue weighted by Crippen LogP contribution is -2.14. The lowest BCUT2D eigenvalue weighted by Gasteiger charge is -2.08. The highest BCUT2D eigenvalue weighted by Gasteiger charge is 2.15. The van der Waals surface area contributed by atoms with Crippen molar-refractivity contribution in [3.8, 4) is 0 Å². The second kappa shape index (κ2) is 5.67. The Morgan fingerprint density at radius 1 is 1.21 bits per heavy atom. The molecule has 0 aliphatic rings. The van der Waals surface area contributed by atoms with Gasteiger partial charge >= 0.3 is 0 Å². The number of carbonyl (C=O) groups excluding carboxylic acids is 1. The zero-order valence-corrected chi connectivity index (χ0v) is 11.7. The minimum absolute atomic E-state index is 0.0613. The van der Waals surface area contributed by atoms with Crippen LogP contribution in [0.5, 0.6) is 0 Å². The van der Waals surface area contributed by atoms with Crippen molar-refractivity contribution < 1.29 is 13.6 Å². The van der Waals surface area contributed by atoms with Crippen LogP contribution in [0.15, 0.2) is 40.9 Å². The van der Waals surface area contributed by atoms with E-state index in [1.165, 1.54) is 30.3 Å². The third kappa shape index (κ3) is 3.11. The summed E-state index contributed by atoms with van der Waals surface area (Å²) in [7, 11) is 0. The van der Waals surface area contributed by atoms with E-state index in [1.54, 1.807) is 0 Å². The summed E-state index contributed by atoms with van der Waals surface area (Å²) < 4.78 is 27.4. The van der Waals surface area contributed by atoms with Crippen LogP contribution in [0.4, 0.5) is 14.5 Å². The van der Waals surface area contributed by atoms with Gasteiger partial charge < -0.3 is 5.32 Å². The average molecular weight is 347 g/mol. The summed E-state index contributed by atoms with van der Waals surface area (Å²) in [5.74, 6) is -2.12. The predicted molar refractivity (Wildman–Crippen MR) is 73.5 cm³/mol. The van der Waals surface area contributed by atoms with Crippen molar-refractivity contribution in [3.05, 3.63) is 63.1 Å². The number of nitrogens with one attached hydrogen (secondary N) is 1. The maximum atomic E-state index is 13.7. The molecular formula is C13H7BrClF2NO. The van der Waals surface area contributed by atoms with Crippen molar-refractivity contribution in [1.82, 2.24) is 0 Å². The van der Waals surface area contributed by atoms with E-state index in [2.05, 4.69) is 21.2 Å². The van der Waals surface area contributed by atoms with E-state index in [4.69, 9.17) is 11.6 Å². The molecule has 1 amide bonds. The maximum absolute atomic E-state index is 13.7. The van der Waals surface area contributed by atoms with Crippen LogP contribution in [0, 0.1) is 11.6 Å². The van der Waals surface area contributed by atoms with Gasteiger partial charge in [-0.2, -0.15) is 0 Å². The number of carbonyl (C=O) groups is 1. The Morgan fingerprint density at radius 2 is 1.95 bits per heavy atom. The van der Waals surface area contributed by atoms with Gasteiger partial charge in [-0.05, 0) is 46.3 Å². The van der Waals surface area contributed by atoms with Gasteiger partial charge in [0.1, 0.15) is 11.6 Å². The Balaban J connectivity index is 2.28. The van der Waals surface area contributed by atoms with E-state index < -0.39 is 17.5 Å². The molecule has 1 N–H and O–H groups in total. The molecule has 2 rings (SSSR count). The SMILES string of the molecule is O=C(Nc1ccc(Cl)cc1F)c1cccc(Br)c1F. The van der Waals surface area contributed by atoms with Gasteiger partial charge in [0.2, 0.25) is 0 Å². The van der Waals surface area contributed by atoms with Gasteiger partial charge in [0.25, 0.3) is 5.91 Å². The van der Waals surface area contributed by atoms with Crippen molar-refractivity contribution in [1.29, 1.82) is 0 Å². The monoisotopic (exact) mass is 345 g/mol. The molecule has 98 valence electrons. The Bertz CT molecular complexity index is 649. The fraction of sp³-hybridized carbons (Fsp3) is 0. The van der Waals surface area contributed by atoms with Crippen molar-refractivity contribution in [2.45, 2.75) is 0 Å². The minimum atomic E-state index is -0.736. The van der Waals surface area contributed by atoms with Crippen molar-refractivity contribution >= 4 is 39.1 Å². The zero-order valence-electron chi connectivity index (χ0n) is 9.38. The Hall–Kier alpha value is -1.46. The highest BCUT2D eigenvalue weighted by Crippen LogP contribution is 2.22. The third-order valence-corrected chi connectivity index (χ3v) is 3.22. The fourth-order valence-electron chi connectivity index (χ4n) is 1.46. The van der Waals surface area contributed by atoms with Crippen LogP contribution >= 0.6 is 27.5 Å². The lowest BCUT2D eigenvalue weighted by atomic mass is 10.2. The molecule has 0 spiro atoms. The minimum Gasteiger partial charge on any atom is -0.319 e. The summed E-state index contributed by atoms with van der Waals surface area (Å²) in [6, 6.07) is 8.09. The Kier molecular flexibility index (Phi) is 4.17. The first-order valence-corrected chi connectivity index (χ1v) is 6.36. The molecule has 0 bridgehead atoms. The first-order chi connectivity index (χ1) is 8.99. The number of hydrogen-bond acceptors (Lipinski definition) is 1. The Labute approximate surface area is 121 Å². The molecule has 0 unspecified atom stereocenters. The molecule has 0 aliphatic carbocycles. The molecule has 0 heterocycles. The molecule has 0 aromatic heterocycles. The maximum Gasteiger partial charge on any atom is 0.258 e. The lowest BCUT2D eigenvalue weighted by molar-refractivity contribution is 0.102. The van der Waals surface area contributed by atoms with Crippen LogP contribution < -0.4 is 5.32 Å². The predicted octanol–water partition coefficient (Wildman–Crippen LogP) is 4.63. The van der Waals surface area contributed by atoms with Crippen molar-refractivity contribution in [3.63, 3.8) is 0 Å². The molecule has 2 aromatic carbocycles. The summed E-state index contributed by atoms with van der Waals surface area (Å²) in [4.78, 5) is 11.9. The van der Waals surface area contributed by atoms with Gasteiger partial charge in [0, 0.05) is 5.02 Å². The molecule has 0 atom stereocenters. The molecular weight excluding hydrogens is 340 g/mol. The number of anilines is 1. The topological polar surface area (TPSA) is 29.1 Å². The van der Waals surface area contributed by atoms with E-state index in [1.807, 2.05) is 0 Å². The van der Waals surface area contributed by atoms with Crippen LogP contribution in [-0.2, 0) is 0 Å². The Morgan fingerprint density at radius 3 is 2.63 bits per heavy atom. The summed E-state index contributed by atoms with van der Waals surface area (Å²) in [6.45, 7) is 0. The summed E-state index contributed by atoms with van der Waals surface area (Å²) in [5.41, 5.74) is -0.238. The van der Waals surface area contributed by atoms with Crippen LogP contribution in [0.2, 0.25) is 5.02 Å². The van der Waals surface area contributed by atoms with E-state index in [0.29, 0.717) is 0 Å². The normalized spacial score (nSPS) is 10.3. The number of halogens is 4. The van der Waals surface area contributed by atoms with Crippen molar-refractivity contribution in [2.24, 2.45) is 0 Å². The molecule has 6 heteroatoms. The summed E-state index contributed by atoms with van der Waals surface area (Å²) in [5, 5.41) is 2.50. The first kappa shape index (κ1) is 14.0. The van der Waals surface area contributed by atoms with Gasteiger partial charge in [0.05, 0.1) is 15.7 Å². The van der Waals surface area contributed by atoms with Crippen molar-refractivity contribution in [2.75, 3.05) is 5.32 Å². The molecule has 0 aliphatic heterocycles. The summed E-state index contributed by atoms with van der Waals surface area (Å²) >= 11 is 8.57. The van der Waals surface area contributed by atoms with E-state index in [-0.39, 0.29) is 20.7 Å². The molecule has 19 heavy (non-hydrogen) atoms. The molecule has 0 saturated heterocycles. The summed E-state index contributed by atoms with van der Waals surface area (Å²) in [6.07, 6.45) is 0. The molecule has 0 fully saturated rings. The van der Waals surface area contributed by atoms with E-state index in [9.17, 15) is 13.6 Å². The highest BCUT2D eigenvalue weighted by molar-refractivity contribution is 9.10. The zero-order chi connectivity index (χ0) is 14.0. The van der Waals surface area contributed by atoms with Gasteiger partial charge in [-0.1, -0.05) is 17.7 Å². The molecule has 0 radical (unpaired) electrons. The smallest absolute Gasteiger partial charge is 0.258 e. The van der Waals surface area contributed by atoms with E-state index >= 15 is 0 Å². The third-order valence-electron chi connectivity index (χ3n) is 2.38. The molecule has 2 nitrogen and oxygen atoms in total. The highest BCUT2D eigenvalue weighted by atomic mass is 79.9. The number of amides is 1.